The Bertz CT molecular complexity index is 921. The van der Waals surface area contributed by atoms with Crippen molar-refractivity contribution in [1.29, 1.82) is 0 Å². The van der Waals surface area contributed by atoms with Gasteiger partial charge in [-0.2, -0.15) is 0 Å². The molecule has 2 aromatic heterocycles. The van der Waals surface area contributed by atoms with E-state index in [0.717, 1.165) is 39.8 Å². The van der Waals surface area contributed by atoms with Gasteiger partial charge in [0.1, 0.15) is 11.5 Å². The zero-order valence-electron chi connectivity index (χ0n) is 14.7. The number of anilines is 1. The largest absolute Gasteiger partial charge is 0.357 e. The summed E-state index contributed by atoms with van der Waals surface area (Å²) >= 11 is 3.59. The van der Waals surface area contributed by atoms with Crippen LogP contribution in [0, 0.1) is 0 Å². The third-order valence-electron chi connectivity index (χ3n) is 4.95. The smallest absolute Gasteiger partial charge is 0.269 e. The van der Waals surface area contributed by atoms with Gasteiger partial charge in [-0.3, -0.25) is 4.79 Å². The number of fused-ring (bicyclic) bond motifs is 1. The molecule has 0 bridgehead atoms. The molecule has 1 aliphatic rings. The summed E-state index contributed by atoms with van der Waals surface area (Å²) in [6.07, 6.45) is 4.26. The van der Waals surface area contributed by atoms with Crippen LogP contribution in [-0.4, -0.2) is 28.5 Å². The average molecular weight is 413 g/mol. The van der Waals surface area contributed by atoms with E-state index in [1.54, 1.807) is 0 Å². The van der Waals surface area contributed by atoms with Crippen LogP contribution in [0.4, 0.5) is 5.82 Å². The zero-order valence-corrected chi connectivity index (χ0v) is 16.3. The van der Waals surface area contributed by atoms with E-state index in [1.807, 2.05) is 48.1 Å². The second-order valence-corrected chi connectivity index (χ2v) is 7.43. The van der Waals surface area contributed by atoms with Crippen molar-refractivity contribution in [1.82, 2.24) is 14.9 Å². The van der Waals surface area contributed by atoms with Crippen molar-refractivity contribution in [3.05, 3.63) is 58.3 Å². The molecule has 1 aliphatic heterocycles. The number of halogens is 1. The number of hydrogen-bond acceptors (Lipinski definition) is 3. The zero-order chi connectivity index (χ0) is 18.1. The Morgan fingerprint density at radius 1 is 1.23 bits per heavy atom. The van der Waals surface area contributed by atoms with Gasteiger partial charge in [0, 0.05) is 43.8 Å². The van der Waals surface area contributed by atoms with Crippen LogP contribution in [0.2, 0.25) is 0 Å². The Morgan fingerprint density at radius 2 is 2.00 bits per heavy atom. The number of carbonyl (C=O) groups is 1. The van der Waals surface area contributed by atoms with Gasteiger partial charge in [-0.25, -0.2) is 4.98 Å². The molecular weight excluding hydrogens is 392 g/mol. The normalized spacial score (nSPS) is 14.2. The molecule has 0 saturated carbocycles. The number of carbonyl (C=O) groups excluding carboxylic acids is 1. The second kappa shape index (κ2) is 7.11. The molecule has 5 nitrogen and oxygen atoms in total. The number of nitrogens with zero attached hydrogens (tertiary/aromatic N) is 3. The third-order valence-corrected chi connectivity index (χ3v) is 5.76. The molecule has 0 unspecified atom stereocenters. The van der Waals surface area contributed by atoms with Crippen LogP contribution in [0.3, 0.4) is 0 Å². The highest BCUT2D eigenvalue weighted by Crippen LogP contribution is 2.30. The van der Waals surface area contributed by atoms with Gasteiger partial charge in [0.15, 0.2) is 0 Å². The quantitative estimate of drug-likeness (QED) is 0.707. The molecule has 1 fully saturated rings. The molecule has 1 amide bonds. The molecule has 3 heterocycles. The lowest BCUT2D eigenvalue weighted by Gasteiger charge is -2.17. The standard InChI is InChI=1S/C20H21BrN4O/c1-24-16-7-3-2-6-15(16)18(21)19(24)20(26)23-13-14-8-9-22-17(12-14)25-10-4-5-11-25/h2-3,6-9,12H,4-5,10-11,13H2,1H3,(H,23,26). The van der Waals surface area contributed by atoms with Crippen LogP contribution in [0.1, 0.15) is 28.9 Å². The molecule has 1 aromatic carbocycles. The predicted octanol–water partition coefficient (Wildman–Crippen LogP) is 3.87. The Labute approximate surface area is 161 Å². The lowest BCUT2D eigenvalue weighted by molar-refractivity contribution is 0.0942. The summed E-state index contributed by atoms with van der Waals surface area (Å²) in [6, 6.07) is 12.0. The van der Waals surface area contributed by atoms with Crippen LogP contribution in [0.15, 0.2) is 47.1 Å². The number of pyridine rings is 1. The van der Waals surface area contributed by atoms with E-state index in [1.165, 1.54) is 12.8 Å². The molecule has 6 heteroatoms. The van der Waals surface area contributed by atoms with Crippen molar-refractivity contribution in [2.45, 2.75) is 19.4 Å². The fourth-order valence-corrected chi connectivity index (χ4v) is 4.34. The Morgan fingerprint density at radius 3 is 2.77 bits per heavy atom. The second-order valence-electron chi connectivity index (χ2n) is 6.64. The molecule has 1 N–H and O–H groups in total. The fraction of sp³-hybridized carbons (Fsp3) is 0.300. The summed E-state index contributed by atoms with van der Waals surface area (Å²) < 4.78 is 2.76. The minimum Gasteiger partial charge on any atom is -0.357 e. The molecule has 3 aromatic rings. The summed E-state index contributed by atoms with van der Waals surface area (Å²) in [6.45, 7) is 2.60. The lowest BCUT2D eigenvalue weighted by Crippen LogP contribution is -2.25. The van der Waals surface area contributed by atoms with Crippen LogP contribution in [-0.2, 0) is 13.6 Å². The third kappa shape index (κ3) is 3.09. The first-order valence-corrected chi connectivity index (χ1v) is 9.65. The number of para-hydroxylation sites is 1. The molecule has 0 aliphatic carbocycles. The van der Waals surface area contributed by atoms with E-state index < -0.39 is 0 Å². The SMILES string of the molecule is Cn1c(C(=O)NCc2ccnc(N3CCCC3)c2)c(Br)c2ccccc21. The Balaban J connectivity index is 1.52. The molecule has 0 radical (unpaired) electrons. The number of aromatic nitrogens is 2. The topological polar surface area (TPSA) is 50.2 Å². The van der Waals surface area contributed by atoms with E-state index >= 15 is 0 Å². The van der Waals surface area contributed by atoms with Gasteiger partial charge in [0.2, 0.25) is 0 Å². The van der Waals surface area contributed by atoms with E-state index in [-0.39, 0.29) is 5.91 Å². The number of hydrogen-bond donors (Lipinski definition) is 1. The van der Waals surface area contributed by atoms with Gasteiger partial charge in [0.25, 0.3) is 5.91 Å². The van der Waals surface area contributed by atoms with E-state index in [2.05, 4.69) is 37.2 Å². The number of amides is 1. The molecule has 1 saturated heterocycles. The lowest BCUT2D eigenvalue weighted by atomic mass is 10.2. The maximum Gasteiger partial charge on any atom is 0.269 e. The van der Waals surface area contributed by atoms with E-state index in [0.29, 0.717) is 12.2 Å². The minimum atomic E-state index is -0.0879. The average Bonchev–Trinajstić information content (AvgIpc) is 3.29. The monoisotopic (exact) mass is 412 g/mol. The number of aryl methyl sites for hydroxylation is 1. The molecule has 26 heavy (non-hydrogen) atoms. The highest BCUT2D eigenvalue weighted by molar-refractivity contribution is 9.10. The van der Waals surface area contributed by atoms with Gasteiger partial charge < -0.3 is 14.8 Å². The van der Waals surface area contributed by atoms with Gasteiger partial charge in [0.05, 0.1) is 4.47 Å². The molecule has 0 atom stereocenters. The van der Waals surface area contributed by atoms with Gasteiger partial charge in [-0.1, -0.05) is 18.2 Å². The highest BCUT2D eigenvalue weighted by Gasteiger charge is 2.19. The predicted molar refractivity (Wildman–Crippen MR) is 107 cm³/mol. The Hall–Kier alpha value is -2.34. The van der Waals surface area contributed by atoms with Crippen molar-refractivity contribution in [2.75, 3.05) is 18.0 Å². The van der Waals surface area contributed by atoms with E-state index in [9.17, 15) is 4.79 Å². The van der Waals surface area contributed by atoms with Gasteiger partial charge in [-0.05, 0) is 52.5 Å². The number of rotatable bonds is 4. The van der Waals surface area contributed by atoms with E-state index in [4.69, 9.17) is 0 Å². The highest BCUT2D eigenvalue weighted by atomic mass is 79.9. The first kappa shape index (κ1) is 17.1. The summed E-state index contributed by atoms with van der Waals surface area (Å²) in [5.41, 5.74) is 2.73. The first-order chi connectivity index (χ1) is 12.6. The van der Waals surface area contributed by atoms with Crippen molar-refractivity contribution in [2.24, 2.45) is 7.05 Å². The van der Waals surface area contributed by atoms with Gasteiger partial charge in [-0.15, -0.1) is 0 Å². The maximum absolute atomic E-state index is 12.8. The van der Waals surface area contributed by atoms with Gasteiger partial charge >= 0.3 is 0 Å². The van der Waals surface area contributed by atoms with Crippen LogP contribution in [0.5, 0.6) is 0 Å². The van der Waals surface area contributed by atoms with Crippen LogP contribution in [0.25, 0.3) is 10.9 Å². The molecular formula is C20H21BrN4O. The Kier molecular flexibility index (Phi) is 4.68. The molecule has 0 spiro atoms. The van der Waals surface area contributed by atoms with Crippen LogP contribution >= 0.6 is 15.9 Å². The molecule has 134 valence electrons. The summed E-state index contributed by atoms with van der Waals surface area (Å²) in [7, 11) is 1.92. The van der Waals surface area contributed by atoms with Crippen molar-refractivity contribution in [3.63, 3.8) is 0 Å². The summed E-state index contributed by atoms with van der Waals surface area (Å²) in [5, 5.41) is 4.08. The first-order valence-electron chi connectivity index (χ1n) is 8.86. The number of nitrogens with one attached hydrogen (secondary N) is 1. The minimum absolute atomic E-state index is 0.0879. The van der Waals surface area contributed by atoms with Crippen molar-refractivity contribution in [3.8, 4) is 0 Å². The fourth-order valence-electron chi connectivity index (χ4n) is 3.55. The van der Waals surface area contributed by atoms with Crippen molar-refractivity contribution >= 4 is 38.6 Å². The number of benzene rings is 1. The van der Waals surface area contributed by atoms with Crippen LogP contribution < -0.4 is 10.2 Å². The summed E-state index contributed by atoms with van der Waals surface area (Å²) in [4.78, 5) is 19.5. The maximum atomic E-state index is 12.8. The summed E-state index contributed by atoms with van der Waals surface area (Å²) in [5.74, 6) is 0.912. The van der Waals surface area contributed by atoms with Crippen molar-refractivity contribution < 1.29 is 4.79 Å². The molecule has 4 rings (SSSR count).